The Hall–Kier alpha value is -5.96. The summed E-state index contributed by atoms with van der Waals surface area (Å²) in [4.78, 5) is 80.3. The number of fused-ring (bicyclic) bond motifs is 2. The number of para-hydroxylation sites is 2. The Labute approximate surface area is 372 Å². The van der Waals surface area contributed by atoms with Gasteiger partial charge in [-0.1, -0.05) is 42.8 Å². The van der Waals surface area contributed by atoms with Crippen LogP contribution in [-0.2, 0) is 51.1 Å². The highest BCUT2D eigenvalue weighted by Crippen LogP contribution is 2.19. The number of rotatable bonds is 20. The average Bonchev–Trinajstić information content (AvgIpc) is 3.86. The number of hydrogen-bond acceptors (Lipinski definition) is 17. The third kappa shape index (κ3) is 23.5. The molecule has 356 valence electrons. The van der Waals surface area contributed by atoms with E-state index in [2.05, 4.69) is 14.7 Å². The Balaban J connectivity index is 0.000000802. The molecule has 2 aromatic heterocycles. The van der Waals surface area contributed by atoms with Gasteiger partial charge in [-0.25, -0.2) is 9.59 Å². The van der Waals surface area contributed by atoms with Crippen molar-refractivity contribution in [3.8, 4) is 0 Å². The first-order chi connectivity index (χ1) is 30.1. The molecule has 0 unspecified atom stereocenters. The smallest absolute Gasteiger partial charge is 0.331 e. The second kappa shape index (κ2) is 31.8. The number of nitrogens with two attached hydrogens (primary N) is 8. The Bertz CT molecular complexity index is 1970. The lowest BCUT2D eigenvalue weighted by Crippen LogP contribution is -2.41. The SMILES string of the molecule is CSCC[C@H](N)C(=O)O.NCCCC[C@H](N)C(=O)OC(=O)[C@@H](N)CC(N)=O.N[C@@H](CO)C(=O)O.N[C@@H](Cc1c[nH]c2ccccc12)C(=O)O.N[C@@H](Cc1c[nH]c2ccccc12)C(=O)O. The molecule has 2 heterocycles. The molecule has 4 aromatic rings. The standard InChI is InChI=1S/2C11H12N2O2.C10H20N4O4.C5H11NO2S.C3H7NO3/c2*12-9(11(14)15)5-7-6-13-10-4-2-1-3-8(7)10;11-4-2-1-3-6(12)9(16)18-10(17)7(13)5-8(14)15;1-9-3-2-4(6)5(7)8;4-2(1-5)3(6)7/h2*1-4,6,9,13H,5,12H2,(H,14,15);6-7H,1-5,11-13H2,(H2,14,15);4H,2-3,6H2,1H3,(H,7,8);2,5H,1,4H2,(H,6,7)/t2*9-;6-,7-;4-;2-/m00000/s1. The molecule has 0 radical (unpaired) electrons. The van der Waals surface area contributed by atoms with E-state index in [9.17, 15) is 33.6 Å². The largest absolute Gasteiger partial charge is 0.480 e. The van der Waals surface area contributed by atoms with Crippen molar-refractivity contribution >= 4 is 75.3 Å². The van der Waals surface area contributed by atoms with Crippen LogP contribution < -0.4 is 45.9 Å². The molecule has 4 rings (SSSR count). The maximum absolute atomic E-state index is 11.4. The van der Waals surface area contributed by atoms with Gasteiger partial charge in [-0.05, 0) is 61.1 Å². The minimum absolute atomic E-state index is 0.347. The lowest BCUT2D eigenvalue weighted by Gasteiger charge is -2.12. The summed E-state index contributed by atoms with van der Waals surface area (Å²) < 4.78 is 4.44. The molecular formula is C40H62N10O13S. The van der Waals surface area contributed by atoms with Gasteiger partial charge in [-0.2, -0.15) is 11.8 Å². The number of thioether (sulfide) groups is 1. The maximum Gasteiger partial charge on any atom is 0.331 e. The number of aliphatic carboxylic acids is 4. The summed E-state index contributed by atoms with van der Waals surface area (Å²) in [5, 5.41) is 43.7. The first kappa shape index (κ1) is 58.0. The summed E-state index contributed by atoms with van der Waals surface area (Å²) in [6.07, 6.45) is 8.18. The van der Waals surface area contributed by atoms with Crippen molar-refractivity contribution in [2.75, 3.05) is 25.2 Å². The number of aromatic nitrogens is 2. The van der Waals surface area contributed by atoms with E-state index in [1.54, 1.807) is 11.8 Å². The van der Waals surface area contributed by atoms with Crippen LogP contribution >= 0.6 is 11.8 Å². The second-order valence-corrected chi connectivity index (χ2v) is 14.8. The Morgan fingerprint density at radius 1 is 0.609 bits per heavy atom. The number of ether oxygens (including phenoxy) is 1. The number of hydrogen-bond donors (Lipinski definition) is 15. The number of amides is 1. The fraction of sp³-hybridized carbons (Fsp3) is 0.425. The zero-order chi connectivity index (χ0) is 48.9. The Morgan fingerprint density at radius 2 is 1.03 bits per heavy atom. The molecule has 0 aliphatic rings. The van der Waals surface area contributed by atoms with E-state index in [0.717, 1.165) is 45.1 Å². The average molecular weight is 923 g/mol. The first-order valence-corrected chi connectivity index (χ1v) is 20.9. The number of aliphatic hydroxyl groups excluding tert-OH is 1. The molecule has 0 aliphatic heterocycles. The second-order valence-electron chi connectivity index (χ2n) is 13.8. The van der Waals surface area contributed by atoms with Crippen molar-refractivity contribution in [2.24, 2.45) is 45.9 Å². The normalized spacial score (nSPS) is 13.2. The molecule has 1 amide bonds. The van der Waals surface area contributed by atoms with Crippen molar-refractivity contribution in [1.82, 2.24) is 9.97 Å². The van der Waals surface area contributed by atoms with Crippen LogP contribution in [0.5, 0.6) is 0 Å². The Morgan fingerprint density at radius 3 is 1.39 bits per heavy atom. The van der Waals surface area contributed by atoms with Crippen molar-refractivity contribution in [3.63, 3.8) is 0 Å². The van der Waals surface area contributed by atoms with Gasteiger partial charge >= 0.3 is 35.8 Å². The van der Waals surface area contributed by atoms with Gasteiger partial charge in [0, 0.05) is 47.0 Å². The summed E-state index contributed by atoms with van der Waals surface area (Å²) in [7, 11) is 0. The number of benzene rings is 2. The van der Waals surface area contributed by atoms with Crippen LogP contribution in [0.2, 0.25) is 0 Å². The molecule has 6 atom stereocenters. The van der Waals surface area contributed by atoms with Gasteiger partial charge in [0.25, 0.3) is 0 Å². The summed E-state index contributed by atoms with van der Waals surface area (Å²) in [6.45, 7) is -0.000479. The molecule has 0 saturated heterocycles. The van der Waals surface area contributed by atoms with Crippen LogP contribution in [0, 0.1) is 0 Å². The molecule has 23 nitrogen and oxygen atoms in total. The predicted molar refractivity (Wildman–Crippen MR) is 240 cm³/mol. The van der Waals surface area contributed by atoms with Crippen LogP contribution in [0.25, 0.3) is 21.8 Å². The number of carbonyl (C=O) groups excluding carboxylic acids is 3. The van der Waals surface area contributed by atoms with Gasteiger partial charge in [0.05, 0.1) is 13.0 Å². The van der Waals surface area contributed by atoms with Gasteiger partial charge in [0.1, 0.15) is 36.3 Å². The monoisotopic (exact) mass is 922 g/mol. The van der Waals surface area contributed by atoms with E-state index < -0.39 is 84.6 Å². The number of aromatic amines is 2. The summed E-state index contributed by atoms with van der Waals surface area (Å²) in [6, 6.07) is 9.87. The lowest BCUT2D eigenvalue weighted by molar-refractivity contribution is -0.162. The number of esters is 2. The van der Waals surface area contributed by atoms with E-state index >= 15 is 0 Å². The number of unbranched alkanes of at least 4 members (excludes halogenated alkanes) is 1. The molecule has 0 saturated carbocycles. The van der Waals surface area contributed by atoms with Crippen LogP contribution in [0.1, 0.15) is 43.2 Å². The molecule has 2 aromatic carbocycles. The van der Waals surface area contributed by atoms with Gasteiger partial charge in [0.2, 0.25) is 5.91 Å². The lowest BCUT2D eigenvalue weighted by atomic mass is 10.1. The molecule has 0 spiro atoms. The summed E-state index contributed by atoms with van der Waals surface area (Å²) in [5.74, 6) is -5.84. The summed E-state index contributed by atoms with van der Waals surface area (Å²) in [5.41, 5.74) is 45.8. The van der Waals surface area contributed by atoms with Gasteiger partial charge in [-0.15, -0.1) is 0 Å². The van der Waals surface area contributed by atoms with E-state index in [1.165, 1.54) is 0 Å². The molecular weight excluding hydrogens is 861 g/mol. The highest BCUT2D eigenvalue weighted by molar-refractivity contribution is 7.98. The van der Waals surface area contributed by atoms with Crippen LogP contribution in [0.3, 0.4) is 0 Å². The van der Waals surface area contributed by atoms with Gasteiger partial charge in [0.15, 0.2) is 0 Å². The molecule has 0 fully saturated rings. The quantitative estimate of drug-likeness (QED) is 0.0272. The fourth-order valence-corrected chi connectivity index (χ4v) is 5.36. The minimum atomic E-state index is -1.25. The van der Waals surface area contributed by atoms with Crippen LogP contribution in [0.15, 0.2) is 60.9 Å². The number of carboxylic acid groups (broad SMARTS) is 4. The molecule has 24 heteroatoms. The van der Waals surface area contributed by atoms with Crippen molar-refractivity contribution in [2.45, 2.75) is 81.2 Å². The molecule has 0 bridgehead atoms. The number of primary amides is 1. The number of carboxylic acids is 4. The summed E-state index contributed by atoms with van der Waals surface area (Å²) >= 11 is 1.60. The van der Waals surface area contributed by atoms with Crippen molar-refractivity contribution < 1.29 is 63.8 Å². The third-order valence-corrected chi connectivity index (χ3v) is 9.17. The fourth-order valence-electron chi connectivity index (χ4n) is 4.87. The highest BCUT2D eigenvalue weighted by Gasteiger charge is 2.24. The topological polar surface area (TPSA) is 470 Å². The number of aliphatic hydroxyl groups is 1. The maximum atomic E-state index is 11.4. The predicted octanol–water partition coefficient (Wildman–Crippen LogP) is -1.50. The molecule has 64 heavy (non-hydrogen) atoms. The molecule has 0 aliphatic carbocycles. The van der Waals surface area contributed by atoms with Crippen LogP contribution in [-0.4, -0.2) is 139 Å². The van der Waals surface area contributed by atoms with Gasteiger partial charge in [-0.3, -0.25) is 24.0 Å². The van der Waals surface area contributed by atoms with Crippen LogP contribution in [0.4, 0.5) is 0 Å². The van der Waals surface area contributed by atoms with E-state index in [-0.39, 0.29) is 6.42 Å². The van der Waals surface area contributed by atoms with Crippen molar-refractivity contribution in [3.05, 3.63) is 72.1 Å². The van der Waals surface area contributed by atoms with Gasteiger partial charge < -0.3 is 86.1 Å². The first-order valence-electron chi connectivity index (χ1n) is 19.5. The minimum Gasteiger partial charge on any atom is -0.480 e. The zero-order valence-electron chi connectivity index (χ0n) is 35.3. The Kier molecular flexibility index (Phi) is 28.8. The van der Waals surface area contributed by atoms with Crippen molar-refractivity contribution in [1.29, 1.82) is 0 Å². The van der Waals surface area contributed by atoms with E-state index in [1.807, 2.05) is 67.2 Å². The third-order valence-electron chi connectivity index (χ3n) is 8.52. The zero-order valence-corrected chi connectivity index (χ0v) is 36.2. The number of carbonyl (C=O) groups is 7. The van der Waals surface area contributed by atoms with E-state index in [4.69, 9.17) is 71.4 Å². The van der Waals surface area contributed by atoms with E-state index in [0.29, 0.717) is 38.6 Å². The number of nitrogens with one attached hydrogen (secondary N) is 2. The molecule has 23 N–H and O–H groups in total. The number of H-pyrrole nitrogens is 2. The highest BCUT2D eigenvalue weighted by atomic mass is 32.2.